The SMILES string of the molecule is CN1C2CCC1C(C(=O)OCc1ccc([N+](=O)[O-])cc1)C(OC(=O)c1ccccc1)C2. The zero-order valence-electron chi connectivity index (χ0n) is 17.2. The van der Waals surface area contributed by atoms with Gasteiger partial charge in [0.2, 0.25) is 0 Å². The van der Waals surface area contributed by atoms with E-state index < -0.39 is 28.9 Å². The number of nitrogens with zero attached hydrogens (tertiary/aromatic N) is 2. The highest BCUT2D eigenvalue weighted by Gasteiger charge is 2.51. The van der Waals surface area contributed by atoms with Crippen molar-refractivity contribution in [3.8, 4) is 0 Å². The van der Waals surface area contributed by atoms with E-state index in [1.807, 2.05) is 13.1 Å². The van der Waals surface area contributed by atoms with Gasteiger partial charge in [-0.05, 0) is 49.7 Å². The quantitative estimate of drug-likeness (QED) is 0.398. The lowest BCUT2D eigenvalue weighted by Gasteiger charge is -2.40. The van der Waals surface area contributed by atoms with Crippen LogP contribution in [0.2, 0.25) is 0 Å². The first kappa shape index (κ1) is 21.0. The molecule has 2 saturated heterocycles. The van der Waals surface area contributed by atoms with Crippen molar-refractivity contribution >= 4 is 17.6 Å². The number of carbonyl (C=O) groups excluding carboxylic acids is 2. The van der Waals surface area contributed by atoms with E-state index in [1.54, 1.807) is 36.4 Å². The molecule has 2 aromatic rings. The molecule has 0 aliphatic carbocycles. The van der Waals surface area contributed by atoms with E-state index >= 15 is 0 Å². The van der Waals surface area contributed by atoms with Gasteiger partial charge in [-0.15, -0.1) is 0 Å². The van der Waals surface area contributed by atoms with Gasteiger partial charge in [0.15, 0.2) is 0 Å². The average Bonchev–Trinajstić information content (AvgIpc) is 3.01. The van der Waals surface area contributed by atoms with E-state index in [1.165, 1.54) is 12.1 Å². The molecule has 31 heavy (non-hydrogen) atoms. The highest BCUT2D eigenvalue weighted by Crippen LogP contribution is 2.40. The molecular formula is C23H24N2O6. The van der Waals surface area contributed by atoms with Crippen molar-refractivity contribution in [2.75, 3.05) is 7.05 Å². The van der Waals surface area contributed by atoms with Crippen LogP contribution < -0.4 is 0 Å². The number of fused-ring (bicyclic) bond motifs is 2. The minimum absolute atomic E-state index is 0.00649. The lowest BCUT2D eigenvalue weighted by molar-refractivity contribution is -0.384. The van der Waals surface area contributed by atoms with Gasteiger partial charge in [0.1, 0.15) is 18.6 Å². The highest BCUT2D eigenvalue weighted by molar-refractivity contribution is 5.89. The van der Waals surface area contributed by atoms with Crippen LogP contribution in [0.25, 0.3) is 0 Å². The monoisotopic (exact) mass is 424 g/mol. The summed E-state index contributed by atoms with van der Waals surface area (Å²) in [5, 5.41) is 10.8. The van der Waals surface area contributed by atoms with E-state index in [2.05, 4.69) is 4.90 Å². The van der Waals surface area contributed by atoms with Crippen LogP contribution in [0.3, 0.4) is 0 Å². The van der Waals surface area contributed by atoms with Gasteiger partial charge in [0, 0.05) is 30.6 Å². The number of piperidine rings is 1. The molecule has 2 bridgehead atoms. The Balaban J connectivity index is 1.46. The average molecular weight is 424 g/mol. The Labute approximate surface area is 179 Å². The van der Waals surface area contributed by atoms with Gasteiger partial charge in [0.25, 0.3) is 5.69 Å². The number of non-ortho nitro benzene ring substituents is 1. The zero-order valence-corrected chi connectivity index (χ0v) is 17.2. The number of carbonyl (C=O) groups is 2. The smallest absolute Gasteiger partial charge is 0.338 e. The van der Waals surface area contributed by atoms with Crippen molar-refractivity contribution < 1.29 is 24.0 Å². The number of benzene rings is 2. The van der Waals surface area contributed by atoms with Crippen LogP contribution >= 0.6 is 0 Å². The maximum absolute atomic E-state index is 13.1. The zero-order chi connectivity index (χ0) is 22.0. The molecule has 2 aromatic carbocycles. The molecule has 4 atom stereocenters. The maximum atomic E-state index is 13.1. The molecule has 0 aromatic heterocycles. The molecule has 2 aliphatic rings. The third-order valence-electron chi connectivity index (χ3n) is 6.28. The van der Waals surface area contributed by atoms with Gasteiger partial charge in [-0.2, -0.15) is 0 Å². The van der Waals surface area contributed by atoms with Crippen LogP contribution in [0.4, 0.5) is 5.69 Å². The third-order valence-corrected chi connectivity index (χ3v) is 6.28. The fraction of sp³-hybridized carbons (Fsp3) is 0.391. The number of esters is 2. The predicted molar refractivity (Wildman–Crippen MR) is 111 cm³/mol. The molecule has 0 N–H and O–H groups in total. The lowest BCUT2D eigenvalue weighted by Crippen LogP contribution is -2.53. The van der Waals surface area contributed by atoms with Crippen LogP contribution in [0.5, 0.6) is 0 Å². The fourth-order valence-corrected chi connectivity index (χ4v) is 4.60. The van der Waals surface area contributed by atoms with Crippen molar-refractivity contribution in [1.29, 1.82) is 0 Å². The maximum Gasteiger partial charge on any atom is 0.338 e. The van der Waals surface area contributed by atoms with Crippen molar-refractivity contribution in [3.63, 3.8) is 0 Å². The van der Waals surface area contributed by atoms with E-state index in [4.69, 9.17) is 9.47 Å². The van der Waals surface area contributed by atoms with Crippen molar-refractivity contribution in [1.82, 2.24) is 4.90 Å². The Morgan fingerprint density at radius 3 is 2.48 bits per heavy atom. The van der Waals surface area contributed by atoms with Gasteiger partial charge < -0.3 is 9.47 Å². The van der Waals surface area contributed by atoms with Crippen molar-refractivity contribution in [3.05, 3.63) is 75.8 Å². The number of nitro benzene ring substituents is 1. The van der Waals surface area contributed by atoms with Gasteiger partial charge in [-0.25, -0.2) is 4.79 Å². The van der Waals surface area contributed by atoms with Gasteiger partial charge in [0.05, 0.1) is 10.5 Å². The number of hydrogen-bond acceptors (Lipinski definition) is 7. The predicted octanol–water partition coefficient (Wildman–Crippen LogP) is 3.35. The number of nitro groups is 1. The molecule has 0 saturated carbocycles. The Kier molecular flexibility index (Phi) is 5.99. The topological polar surface area (TPSA) is 99.0 Å². The fourth-order valence-electron chi connectivity index (χ4n) is 4.60. The first-order valence-electron chi connectivity index (χ1n) is 10.3. The first-order valence-corrected chi connectivity index (χ1v) is 10.3. The summed E-state index contributed by atoms with van der Waals surface area (Å²) in [4.78, 5) is 38.2. The molecular weight excluding hydrogens is 400 g/mol. The normalized spacial score (nSPS) is 25.1. The molecule has 4 unspecified atom stereocenters. The Bertz CT molecular complexity index is 962. The molecule has 4 rings (SSSR count). The second-order valence-corrected chi connectivity index (χ2v) is 8.07. The van der Waals surface area contributed by atoms with Crippen LogP contribution in [0.1, 0.15) is 35.2 Å². The summed E-state index contributed by atoms with van der Waals surface area (Å²) in [6, 6.07) is 14.9. The summed E-state index contributed by atoms with van der Waals surface area (Å²) in [7, 11) is 1.99. The van der Waals surface area contributed by atoms with Crippen LogP contribution in [-0.2, 0) is 20.9 Å². The molecule has 0 amide bonds. The van der Waals surface area contributed by atoms with Crippen LogP contribution in [0.15, 0.2) is 54.6 Å². The van der Waals surface area contributed by atoms with Gasteiger partial charge >= 0.3 is 11.9 Å². The Morgan fingerprint density at radius 1 is 1.10 bits per heavy atom. The van der Waals surface area contributed by atoms with Crippen LogP contribution in [0, 0.1) is 16.0 Å². The number of ether oxygens (including phenoxy) is 2. The molecule has 2 aliphatic heterocycles. The van der Waals surface area contributed by atoms with Crippen LogP contribution in [-0.4, -0.2) is 47.0 Å². The molecule has 8 heteroatoms. The Hall–Kier alpha value is -3.26. The van der Waals surface area contributed by atoms with E-state index in [-0.39, 0.29) is 24.4 Å². The van der Waals surface area contributed by atoms with E-state index in [0.717, 1.165) is 12.8 Å². The first-order chi connectivity index (χ1) is 14.9. The summed E-state index contributed by atoms with van der Waals surface area (Å²) >= 11 is 0. The summed E-state index contributed by atoms with van der Waals surface area (Å²) in [6.07, 6.45) is 1.83. The number of hydrogen-bond donors (Lipinski definition) is 0. The largest absolute Gasteiger partial charge is 0.460 e. The van der Waals surface area contributed by atoms with Crippen molar-refractivity contribution in [2.45, 2.75) is 44.1 Å². The molecule has 162 valence electrons. The second kappa shape index (κ2) is 8.85. The van der Waals surface area contributed by atoms with E-state index in [9.17, 15) is 19.7 Å². The van der Waals surface area contributed by atoms with E-state index in [0.29, 0.717) is 17.5 Å². The van der Waals surface area contributed by atoms with Gasteiger partial charge in [-0.1, -0.05) is 18.2 Å². The third kappa shape index (κ3) is 4.44. The molecule has 2 fully saturated rings. The standard InChI is InChI=1S/C23H24N2O6/c1-24-18-11-12-19(24)21(20(13-18)31-22(26)16-5-3-2-4-6-16)23(27)30-14-15-7-9-17(10-8-15)25(28)29/h2-10,18-21H,11-14H2,1H3. The minimum atomic E-state index is -0.575. The van der Waals surface area contributed by atoms with Crippen molar-refractivity contribution in [2.24, 2.45) is 5.92 Å². The van der Waals surface area contributed by atoms with Gasteiger partial charge in [-0.3, -0.25) is 19.8 Å². The number of rotatable bonds is 6. The Morgan fingerprint density at radius 2 is 1.81 bits per heavy atom. The minimum Gasteiger partial charge on any atom is -0.460 e. The lowest BCUT2D eigenvalue weighted by atomic mass is 9.87. The second-order valence-electron chi connectivity index (χ2n) is 8.07. The molecule has 8 nitrogen and oxygen atoms in total. The summed E-state index contributed by atoms with van der Waals surface area (Å²) < 4.78 is 11.4. The molecule has 2 heterocycles. The summed E-state index contributed by atoms with van der Waals surface area (Å²) in [5.41, 5.74) is 1.09. The highest BCUT2D eigenvalue weighted by atomic mass is 16.6. The summed E-state index contributed by atoms with van der Waals surface area (Å²) in [6.45, 7) is 0.00649. The summed E-state index contributed by atoms with van der Waals surface area (Å²) in [5.74, 6) is -1.43. The molecule has 0 spiro atoms. The molecule has 0 radical (unpaired) electrons.